The summed E-state index contributed by atoms with van der Waals surface area (Å²) in [5.74, 6) is 0.525. The number of ether oxygens (including phenoxy) is 1. The van der Waals surface area contributed by atoms with Crippen LogP contribution in [0.3, 0.4) is 0 Å². The lowest BCUT2D eigenvalue weighted by Crippen LogP contribution is -2.49. The maximum absolute atomic E-state index is 12.8. The molecule has 1 aliphatic heterocycles. The molecule has 0 radical (unpaired) electrons. The van der Waals surface area contributed by atoms with Gasteiger partial charge in [-0.25, -0.2) is 0 Å². The van der Waals surface area contributed by atoms with Crippen LogP contribution in [0, 0.1) is 5.92 Å². The second-order valence-electron chi connectivity index (χ2n) is 6.46. The van der Waals surface area contributed by atoms with Gasteiger partial charge in [0, 0.05) is 25.6 Å². The summed E-state index contributed by atoms with van der Waals surface area (Å²) in [5.41, 5.74) is 1.67. The molecule has 0 aromatic heterocycles. The minimum atomic E-state index is -0.0602. The number of nitrogens with zero attached hydrogens (tertiary/aromatic N) is 1. The van der Waals surface area contributed by atoms with E-state index in [1.165, 1.54) is 6.92 Å². The summed E-state index contributed by atoms with van der Waals surface area (Å²) in [6.07, 6.45) is 0.951. The quantitative estimate of drug-likeness (QED) is 0.905. The van der Waals surface area contributed by atoms with Crippen molar-refractivity contribution in [1.82, 2.24) is 10.2 Å². The van der Waals surface area contributed by atoms with E-state index in [2.05, 4.69) is 19.2 Å². The molecular weight excluding hydrogens is 292 g/mol. The number of carbonyl (C=O) groups is 2. The third-order valence-electron chi connectivity index (χ3n) is 3.97. The van der Waals surface area contributed by atoms with Gasteiger partial charge in [-0.2, -0.15) is 0 Å². The van der Waals surface area contributed by atoms with Gasteiger partial charge in [0.1, 0.15) is 0 Å². The van der Waals surface area contributed by atoms with Gasteiger partial charge < -0.3 is 15.0 Å². The Kier molecular flexibility index (Phi) is 6.16. The highest BCUT2D eigenvalue weighted by Gasteiger charge is 2.28. The molecule has 5 nitrogen and oxygen atoms in total. The number of morpholine rings is 1. The molecule has 0 saturated carbocycles. The monoisotopic (exact) mass is 318 g/mol. The Hall–Kier alpha value is -1.88. The number of carbonyl (C=O) groups excluding carboxylic acids is 2. The Labute approximate surface area is 138 Å². The Morgan fingerprint density at radius 2 is 2.00 bits per heavy atom. The van der Waals surface area contributed by atoms with Crippen molar-refractivity contribution < 1.29 is 14.3 Å². The predicted octanol–water partition coefficient (Wildman–Crippen LogP) is 2.21. The topological polar surface area (TPSA) is 58.6 Å². The summed E-state index contributed by atoms with van der Waals surface area (Å²) >= 11 is 0. The average Bonchev–Trinajstić information content (AvgIpc) is 2.53. The fraction of sp³-hybridized carbons (Fsp3) is 0.556. The Balaban J connectivity index is 2.04. The van der Waals surface area contributed by atoms with Crippen molar-refractivity contribution >= 4 is 11.8 Å². The first-order valence-electron chi connectivity index (χ1n) is 8.19. The molecule has 0 aliphatic carbocycles. The zero-order valence-corrected chi connectivity index (χ0v) is 14.2. The van der Waals surface area contributed by atoms with E-state index in [1.54, 1.807) is 0 Å². The molecule has 1 atom stereocenters. The molecule has 1 aromatic rings. The maximum Gasteiger partial charge on any atom is 0.254 e. The average molecular weight is 318 g/mol. The molecule has 1 saturated heterocycles. The zero-order valence-electron chi connectivity index (χ0n) is 14.2. The second kappa shape index (κ2) is 8.11. The predicted molar refractivity (Wildman–Crippen MR) is 89.1 cm³/mol. The summed E-state index contributed by atoms with van der Waals surface area (Å²) in [6, 6.07) is 7.60. The fourth-order valence-electron chi connectivity index (χ4n) is 2.82. The summed E-state index contributed by atoms with van der Waals surface area (Å²) in [4.78, 5) is 25.6. The SMILES string of the molecule is CC(=O)NCc1ccc(C(=O)N2CCOC[C@H]2CC(C)C)cc1. The highest BCUT2D eigenvalue weighted by Crippen LogP contribution is 2.19. The molecule has 0 unspecified atom stereocenters. The lowest BCUT2D eigenvalue weighted by Gasteiger charge is -2.36. The molecule has 1 fully saturated rings. The van der Waals surface area contributed by atoms with E-state index in [4.69, 9.17) is 4.74 Å². The van der Waals surface area contributed by atoms with Crippen molar-refractivity contribution in [2.45, 2.75) is 39.8 Å². The number of amides is 2. The minimum absolute atomic E-state index is 0.0602. The number of rotatable bonds is 5. The first kappa shape index (κ1) is 17.5. The third kappa shape index (κ3) is 5.06. The number of hydrogen-bond donors (Lipinski definition) is 1. The van der Waals surface area contributed by atoms with Crippen molar-refractivity contribution in [2.75, 3.05) is 19.8 Å². The summed E-state index contributed by atoms with van der Waals surface area (Å²) in [5, 5.41) is 2.75. The molecule has 1 aliphatic rings. The van der Waals surface area contributed by atoms with Crippen LogP contribution in [0.25, 0.3) is 0 Å². The van der Waals surface area contributed by atoms with Gasteiger partial charge in [0.05, 0.1) is 19.3 Å². The van der Waals surface area contributed by atoms with Crippen LogP contribution in [0.5, 0.6) is 0 Å². The second-order valence-corrected chi connectivity index (χ2v) is 6.46. The van der Waals surface area contributed by atoms with E-state index in [-0.39, 0.29) is 17.9 Å². The minimum Gasteiger partial charge on any atom is -0.377 e. The van der Waals surface area contributed by atoms with Gasteiger partial charge in [0.15, 0.2) is 0 Å². The van der Waals surface area contributed by atoms with E-state index in [9.17, 15) is 9.59 Å². The van der Waals surface area contributed by atoms with Gasteiger partial charge in [-0.05, 0) is 30.0 Å². The van der Waals surface area contributed by atoms with E-state index in [0.717, 1.165) is 12.0 Å². The van der Waals surface area contributed by atoms with Crippen LogP contribution >= 0.6 is 0 Å². The van der Waals surface area contributed by atoms with Crippen LogP contribution in [0.4, 0.5) is 0 Å². The third-order valence-corrected chi connectivity index (χ3v) is 3.97. The molecule has 1 N–H and O–H groups in total. The van der Waals surface area contributed by atoms with E-state index < -0.39 is 0 Å². The summed E-state index contributed by atoms with van der Waals surface area (Å²) in [7, 11) is 0. The molecular formula is C18H26N2O3. The van der Waals surface area contributed by atoms with Crippen molar-refractivity contribution in [3.63, 3.8) is 0 Å². The molecule has 1 aromatic carbocycles. The van der Waals surface area contributed by atoms with Gasteiger partial charge in [-0.1, -0.05) is 26.0 Å². The van der Waals surface area contributed by atoms with Crippen molar-refractivity contribution in [3.05, 3.63) is 35.4 Å². The number of hydrogen-bond acceptors (Lipinski definition) is 3. The van der Waals surface area contributed by atoms with E-state index >= 15 is 0 Å². The molecule has 2 rings (SSSR count). The molecule has 5 heteroatoms. The Morgan fingerprint density at radius 1 is 1.30 bits per heavy atom. The Morgan fingerprint density at radius 3 is 2.61 bits per heavy atom. The van der Waals surface area contributed by atoms with Crippen LogP contribution in [0.1, 0.15) is 43.1 Å². The lowest BCUT2D eigenvalue weighted by molar-refractivity contribution is -0.119. The number of benzene rings is 1. The van der Waals surface area contributed by atoms with Crippen LogP contribution in [-0.4, -0.2) is 42.5 Å². The maximum atomic E-state index is 12.8. The van der Waals surface area contributed by atoms with Gasteiger partial charge in [-0.3, -0.25) is 9.59 Å². The molecule has 0 spiro atoms. The fourth-order valence-corrected chi connectivity index (χ4v) is 2.82. The van der Waals surface area contributed by atoms with Crippen molar-refractivity contribution in [2.24, 2.45) is 5.92 Å². The van der Waals surface area contributed by atoms with Crippen LogP contribution in [0.2, 0.25) is 0 Å². The zero-order chi connectivity index (χ0) is 16.8. The summed E-state index contributed by atoms with van der Waals surface area (Å²) in [6.45, 7) is 8.15. The molecule has 1 heterocycles. The van der Waals surface area contributed by atoms with Crippen LogP contribution in [0.15, 0.2) is 24.3 Å². The first-order chi connectivity index (χ1) is 11.0. The van der Waals surface area contributed by atoms with Crippen LogP contribution in [-0.2, 0) is 16.1 Å². The first-order valence-corrected chi connectivity index (χ1v) is 8.19. The normalized spacial score (nSPS) is 18.1. The summed E-state index contributed by atoms with van der Waals surface area (Å²) < 4.78 is 5.54. The molecule has 0 bridgehead atoms. The molecule has 2 amide bonds. The van der Waals surface area contributed by atoms with Gasteiger partial charge in [0.2, 0.25) is 5.91 Å². The molecule has 23 heavy (non-hydrogen) atoms. The smallest absolute Gasteiger partial charge is 0.254 e. The highest BCUT2D eigenvalue weighted by atomic mass is 16.5. The lowest BCUT2D eigenvalue weighted by atomic mass is 10.0. The van der Waals surface area contributed by atoms with Crippen LogP contribution < -0.4 is 5.32 Å². The number of nitrogens with one attached hydrogen (secondary N) is 1. The van der Waals surface area contributed by atoms with Gasteiger partial charge >= 0.3 is 0 Å². The highest BCUT2D eigenvalue weighted by molar-refractivity contribution is 5.94. The largest absolute Gasteiger partial charge is 0.377 e. The van der Waals surface area contributed by atoms with E-state index in [0.29, 0.717) is 37.8 Å². The van der Waals surface area contributed by atoms with Gasteiger partial charge in [-0.15, -0.1) is 0 Å². The van der Waals surface area contributed by atoms with Gasteiger partial charge in [0.25, 0.3) is 5.91 Å². The van der Waals surface area contributed by atoms with Crippen molar-refractivity contribution in [3.8, 4) is 0 Å². The molecule has 126 valence electrons. The van der Waals surface area contributed by atoms with Crippen molar-refractivity contribution in [1.29, 1.82) is 0 Å². The van der Waals surface area contributed by atoms with E-state index in [1.807, 2.05) is 29.2 Å². The standard InChI is InChI=1S/C18H26N2O3/c1-13(2)10-17-12-23-9-8-20(17)18(22)16-6-4-15(5-7-16)11-19-14(3)21/h4-7,13,17H,8-12H2,1-3H3,(H,19,21)/t17-/m1/s1. The Bertz CT molecular complexity index is 540.